The van der Waals surface area contributed by atoms with Gasteiger partial charge in [0.25, 0.3) is 0 Å². The second-order valence-electron chi connectivity index (χ2n) is 9.50. The molecule has 2 aromatic rings. The van der Waals surface area contributed by atoms with Crippen LogP contribution in [0.2, 0.25) is 0 Å². The van der Waals surface area contributed by atoms with Gasteiger partial charge in [-0.3, -0.25) is 4.79 Å². The number of aryl methyl sites for hydroxylation is 1. The number of anilines is 2. The van der Waals surface area contributed by atoms with Gasteiger partial charge in [-0.25, -0.2) is 9.38 Å². The number of nitrogens with zero attached hydrogens (tertiary/aromatic N) is 5. The Hall–Kier alpha value is -4.09. The number of ether oxygens (including phenoxy) is 2. The standard InChI is InChI=1S/C28H31F4N5O4S/c1-7-23(24(16-38)41-11-10-40-6)34-25-22(29)13-20(15-35(25)4)37(27(2,3)17-39)26(42)36(5)19-9-8-18(14-33)21(12-19)28(30,31)32/h8-9,12-13,15-17H,7,10-11H2,1-6H3/b24-23+,34-25?. The van der Waals surface area contributed by atoms with Gasteiger partial charge in [-0.05, 0) is 50.7 Å². The van der Waals surface area contributed by atoms with Crippen molar-refractivity contribution in [2.24, 2.45) is 12.0 Å². The predicted molar refractivity (Wildman–Crippen MR) is 152 cm³/mol. The minimum absolute atomic E-state index is 0.0120. The van der Waals surface area contributed by atoms with E-state index in [9.17, 15) is 22.8 Å². The SMILES string of the molecule is CC/C(N=c1c(F)cc(N(C(=S)N(C)c2ccc(C#N)c(C(F)(F)F)c2)C(C)(C)C=O)cn1C)=C(/C=O)OCCOC. The molecule has 42 heavy (non-hydrogen) atoms. The highest BCUT2D eigenvalue weighted by molar-refractivity contribution is 7.80. The van der Waals surface area contributed by atoms with Gasteiger partial charge in [-0.1, -0.05) is 6.92 Å². The quantitative estimate of drug-likeness (QED) is 0.0908. The summed E-state index contributed by atoms with van der Waals surface area (Å²) in [4.78, 5) is 30.5. The van der Waals surface area contributed by atoms with Crippen LogP contribution in [-0.4, -0.2) is 55.2 Å². The van der Waals surface area contributed by atoms with Crippen LogP contribution in [0.15, 0.2) is 46.9 Å². The average molecular weight is 610 g/mol. The van der Waals surface area contributed by atoms with E-state index < -0.39 is 28.7 Å². The lowest BCUT2D eigenvalue weighted by Gasteiger charge is -2.39. The largest absolute Gasteiger partial charge is 0.486 e. The summed E-state index contributed by atoms with van der Waals surface area (Å²) in [5, 5.41) is 8.99. The summed E-state index contributed by atoms with van der Waals surface area (Å²) in [6.45, 7) is 5.03. The zero-order chi connectivity index (χ0) is 31.8. The van der Waals surface area contributed by atoms with Crippen molar-refractivity contribution in [1.82, 2.24) is 4.57 Å². The van der Waals surface area contributed by atoms with E-state index in [4.69, 9.17) is 27.0 Å². The third-order valence-corrected chi connectivity index (χ3v) is 6.53. The van der Waals surface area contributed by atoms with Crippen molar-refractivity contribution >= 4 is 41.3 Å². The minimum atomic E-state index is -4.80. The highest BCUT2D eigenvalue weighted by Crippen LogP contribution is 2.35. The molecule has 0 unspecified atom stereocenters. The number of nitriles is 1. The van der Waals surface area contributed by atoms with E-state index in [2.05, 4.69) is 4.99 Å². The number of hydrogen-bond donors (Lipinski definition) is 0. The smallest absolute Gasteiger partial charge is 0.417 e. The molecular weight excluding hydrogens is 578 g/mol. The predicted octanol–water partition coefficient (Wildman–Crippen LogP) is 4.64. The Morgan fingerprint density at radius 3 is 2.36 bits per heavy atom. The molecule has 14 heteroatoms. The molecule has 0 amide bonds. The average Bonchev–Trinajstić information content (AvgIpc) is 2.94. The molecule has 0 saturated carbocycles. The Morgan fingerprint density at radius 1 is 1.19 bits per heavy atom. The van der Waals surface area contributed by atoms with E-state index in [0.29, 0.717) is 12.6 Å². The Kier molecular flexibility index (Phi) is 11.5. The van der Waals surface area contributed by atoms with Gasteiger partial charge in [0, 0.05) is 39.2 Å². The number of thiocarbonyl (C=S) groups is 1. The number of benzene rings is 1. The molecular formula is C28H31F4N5O4S. The summed E-state index contributed by atoms with van der Waals surface area (Å²) >= 11 is 5.60. The summed E-state index contributed by atoms with van der Waals surface area (Å²) in [5.41, 5.74) is -2.98. The van der Waals surface area contributed by atoms with Crippen molar-refractivity contribution < 1.29 is 36.6 Å². The summed E-state index contributed by atoms with van der Waals surface area (Å²) in [6, 6.07) is 5.68. The van der Waals surface area contributed by atoms with Crippen LogP contribution >= 0.6 is 12.2 Å². The summed E-state index contributed by atoms with van der Waals surface area (Å²) in [7, 11) is 4.35. The number of carbonyl (C=O) groups is 2. The molecule has 0 aliphatic heterocycles. The van der Waals surface area contributed by atoms with Gasteiger partial charge in [0.15, 0.2) is 28.5 Å². The van der Waals surface area contributed by atoms with Crippen molar-refractivity contribution in [3.8, 4) is 6.07 Å². The van der Waals surface area contributed by atoms with Crippen molar-refractivity contribution in [2.45, 2.75) is 38.9 Å². The van der Waals surface area contributed by atoms with Gasteiger partial charge in [0.05, 0.1) is 40.7 Å². The second kappa shape index (κ2) is 14.2. The molecule has 226 valence electrons. The van der Waals surface area contributed by atoms with Crippen LogP contribution in [-0.2, 0) is 32.3 Å². The molecule has 9 nitrogen and oxygen atoms in total. The van der Waals surface area contributed by atoms with E-state index in [0.717, 1.165) is 18.2 Å². The molecule has 1 aromatic heterocycles. The van der Waals surface area contributed by atoms with Gasteiger partial charge < -0.3 is 28.6 Å². The second-order valence-corrected chi connectivity index (χ2v) is 9.87. The lowest BCUT2D eigenvalue weighted by Crippen LogP contribution is -2.54. The molecule has 0 bridgehead atoms. The number of halogens is 4. The highest BCUT2D eigenvalue weighted by atomic mass is 32.1. The van der Waals surface area contributed by atoms with Crippen molar-refractivity contribution in [2.75, 3.05) is 37.2 Å². The molecule has 2 rings (SSSR count). The first kappa shape index (κ1) is 34.1. The van der Waals surface area contributed by atoms with Crippen molar-refractivity contribution in [1.29, 1.82) is 5.26 Å². The lowest BCUT2D eigenvalue weighted by atomic mass is 10.0. The maximum Gasteiger partial charge on any atom is 0.417 e. The van der Waals surface area contributed by atoms with Crippen LogP contribution < -0.4 is 15.3 Å². The van der Waals surface area contributed by atoms with E-state index in [-0.39, 0.29) is 53.1 Å². The molecule has 0 saturated heterocycles. The topological polar surface area (TPSA) is 100 Å². The number of alkyl halides is 3. The number of aldehydes is 2. The first-order chi connectivity index (χ1) is 19.7. The molecule has 1 heterocycles. The molecule has 0 radical (unpaired) electrons. The summed E-state index contributed by atoms with van der Waals surface area (Å²) in [6.07, 6.45) is -2.08. The summed E-state index contributed by atoms with van der Waals surface area (Å²) < 4.78 is 68.0. The number of aromatic nitrogens is 1. The van der Waals surface area contributed by atoms with Gasteiger partial charge in [0.2, 0.25) is 0 Å². The van der Waals surface area contributed by atoms with Gasteiger partial charge in [-0.2, -0.15) is 18.4 Å². The Labute approximate surface area is 246 Å². The Bertz CT molecular complexity index is 1450. The normalized spacial score (nSPS) is 12.7. The van der Waals surface area contributed by atoms with E-state index in [1.807, 2.05) is 0 Å². The number of hydrogen-bond acceptors (Lipinski definition) is 7. The van der Waals surface area contributed by atoms with Gasteiger partial charge in [-0.15, -0.1) is 0 Å². The zero-order valence-corrected chi connectivity index (χ0v) is 24.8. The zero-order valence-electron chi connectivity index (χ0n) is 24.0. The molecule has 0 spiro atoms. The molecule has 0 atom stereocenters. The van der Waals surface area contributed by atoms with Crippen LogP contribution in [0.25, 0.3) is 0 Å². The maximum absolute atomic E-state index is 15.6. The first-order valence-corrected chi connectivity index (χ1v) is 12.9. The maximum atomic E-state index is 15.6. The van der Waals surface area contributed by atoms with E-state index in [1.165, 1.54) is 67.8 Å². The molecule has 1 aromatic carbocycles. The van der Waals surface area contributed by atoms with Crippen LogP contribution in [0.4, 0.5) is 28.9 Å². The highest BCUT2D eigenvalue weighted by Gasteiger charge is 2.36. The lowest BCUT2D eigenvalue weighted by molar-refractivity contribution is -0.137. The fourth-order valence-electron chi connectivity index (χ4n) is 3.85. The number of pyridine rings is 1. The third-order valence-electron chi connectivity index (χ3n) is 6.08. The fraction of sp³-hybridized carbons (Fsp3) is 0.393. The van der Waals surface area contributed by atoms with Crippen LogP contribution in [0.1, 0.15) is 38.3 Å². The van der Waals surface area contributed by atoms with Crippen LogP contribution in [0.5, 0.6) is 0 Å². The minimum Gasteiger partial charge on any atom is -0.486 e. The molecule has 0 aliphatic rings. The van der Waals surface area contributed by atoms with E-state index >= 15 is 4.39 Å². The summed E-state index contributed by atoms with van der Waals surface area (Å²) in [5.74, 6) is -0.914. The van der Waals surface area contributed by atoms with Crippen LogP contribution in [0, 0.1) is 17.1 Å². The fourth-order valence-corrected chi connectivity index (χ4v) is 4.29. The monoisotopic (exact) mass is 609 g/mol. The van der Waals surface area contributed by atoms with Crippen LogP contribution in [0.3, 0.4) is 0 Å². The Morgan fingerprint density at radius 2 is 1.86 bits per heavy atom. The van der Waals surface area contributed by atoms with E-state index in [1.54, 1.807) is 6.92 Å². The molecule has 0 N–H and O–H groups in total. The van der Waals surface area contributed by atoms with Crippen molar-refractivity contribution in [3.05, 3.63) is 64.4 Å². The number of rotatable bonds is 11. The van der Waals surface area contributed by atoms with Crippen molar-refractivity contribution in [3.63, 3.8) is 0 Å². The Balaban J connectivity index is 2.67. The number of carbonyl (C=O) groups excluding carboxylic acids is 2. The van der Waals surface area contributed by atoms with Gasteiger partial charge in [0.1, 0.15) is 12.9 Å². The number of allylic oxidation sites excluding steroid dienone is 2. The third kappa shape index (κ3) is 7.80. The molecule has 0 aliphatic carbocycles. The molecule has 0 fully saturated rings. The van der Waals surface area contributed by atoms with Gasteiger partial charge >= 0.3 is 6.18 Å². The number of methoxy groups -OCH3 is 1. The first-order valence-electron chi connectivity index (χ1n) is 12.5.